The van der Waals surface area contributed by atoms with Gasteiger partial charge in [-0.3, -0.25) is 10.1 Å². The summed E-state index contributed by atoms with van der Waals surface area (Å²) < 4.78 is 0. The van der Waals surface area contributed by atoms with Crippen LogP contribution in [0.2, 0.25) is 0 Å². The molecule has 0 saturated carbocycles. The van der Waals surface area contributed by atoms with E-state index < -0.39 is 12.0 Å². The summed E-state index contributed by atoms with van der Waals surface area (Å²) in [6.45, 7) is 2.61. The predicted octanol–water partition coefficient (Wildman–Crippen LogP) is 2.60. The molecule has 0 spiro atoms. The number of nitrogens with one attached hydrogen (secondary N) is 1. The minimum atomic E-state index is -0.877. The van der Waals surface area contributed by atoms with Gasteiger partial charge < -0.3 is 10.0 Å². The molecule has 0 bridgehead atoms. The Morgan fingerprint density at radius 2 is 1.91 bits per heavy atom. The summed E-state index contributed by atoms with van der Waals surface area (Å²) in [6, 6.07) is 12.5. The second kappa shape index (κ2) is 7.24. The summed E-state index contributed by atoms with van der Waals surface area (Å²) in [5, 5.41) is 12.5. The van der Waals surface area contributed by atoms with Gasteiger partial charge in [-0.25, -0.2) is 4.98 Å². The number of aliphatic carboxylic acids is 1. The zero-order valence-corrected chi connectivity index (χ0v) is 13.0. The number of aromatic nitrogens is 1. The predicted molar refractivity (Wildman–Crippen MR) is 89.3 cm³/mol. The van der Waals surface area contributed by atoms with Gasteiger partial charge in [0.2, 0.25) is 0 Å². The lowest BCUT2D eigenvalue weighted by Crippen LogP contribution is -2.28. The molecule has 1 aromatic carbocycles. The Balaban J connectivity index is 1.63. The summed E-state index contributed by atoms with van der Waals surface area (Å²) >= 11 is 0. The van der Waals surface area contributed by atoms with Crippen molar-refractivity contribution in [3.63, 3.8) is 0 Å². The molecule has 2 heterocycles. The number of carboxylic acids is 1. The van der Waals surface area contributed by atoms with Crippen LogP contribution in [0.3, 0.4) is 0 Å². The van der Waals surface area contributed by atoms with Gasteiger partial charge in [0.05, 0.1) is 0 Å². The Morgan fingerprint density at radius 3 is 2.52 bits per heavy atom. The average molecular weight is 311 g/mol. The van der Waals surface area contributed by atoms with Gasteiger partial charge in [0.15, 0.2) is 0 Å². The number of nitrogens with zero attached hydrogens (tertiary/aromatic N) is 2. The highest BCUT2D eigenvalue weighted by Crippen LogP contribution is 2.18. The van der Waals surface area contributed by atoms with E-state index in [0.29, 0.717) is 6.54 Å². The molecule has 1 atom stereocenters. The zero-order chi connectivity index (χ0) is 16.1. The first kappa shape index (κ1) is 15.5. The van der Waals surface area contributed by atoms with Crippen LogP contribution in [0.1, 0.15) is 30.0 Å². The normalized spacial score (nSPS) is 15.6. The maximum absolute atomic E-state index is 11.5. The molecule has 1 saturated heterocycles. The number of carbonyl (C=O) groups is 1. The Kier molecular flexibility index (Phi) is 4.88. The molecule has 0 aliphatic carbocycles. The molecule has 23 heavy (non-hydrogen) atoms. The Hall–Kier alpha value is -2.40. The largest absolute Gasteiger partial charge is 0.480 e. The van der Waals surface area contributed by atoms with Crippen molar-refractivity contribution >= 4 is 11.8 Å². The van der Waals surface area contributed by atoms with Gasteiger partial charge in [-0.1, -0.05) is 36.4 Å². The number of hydrogen-bond donors (Lipinski definition) is 2. The van der Waals surface area contributed by atoms with Crippen LogP contribution in [0.5, 0.6) is 0 Å². The van der Waals surface area contributed by atoms with Crippen LogP contribution in [0.4, 0.5) is 5.82 Å². The number of rotatable bonds is 6. The highest BCUT2D eigenvalue weighted by Gasteiger charge is 2.19. The molecule has 2 N–H and O–H groups in total. The molecule has 5 nitrogen and oxygen atoms in total. The molecule has 2 aromatic rings. The molecule has 0 radical (unpaired) electrons. The van der Waals surface area contributed by atoms with Crippen molar-refractivity contribution in [2.24, 2.45) is 0 Å². The van der Waals surface area contributed by atoms with Gasteiger partial charge in [0.25, 0.3) is 0 Å². The minimum absolute atomic E-state index is 0.471. The average Bonchev–Trinajstić information content (AvgIpc) is 3.11. The lowest BCUT2D eigenvalue weighted by molar-refractivity contribution is -0.139. The van der Waals surface area contributed by atoms with E-state index in [2.05, 4.69) is 15.2 Å². The van der Waals surface area contributed by atoms with Crippen molar-refractivity contribution in [3.05, 3.63) is 59.8 Å². The molecule has 1 fully saturated rings. The number of pyridine rings is 1. The second-order valence-electron chi connectivity index (χ2n) is 5.78. The van der Waals surface area contributed by atoms with E-state index in [1.54, 1.807) is 0 Å². The van der Waals surface area contributed by atoms with Crippen molar-refractivity contribution < 1.29 is 9.90 Å². The van der Waals surface area contributed by atoms with Crippen molar-refractivity contribution in [1.29, 1.82) is 0 Å². The van der Waals surface area contributed by atoms with Crippen LogP contribution in [0.15, 0.2) is 48.7 Å². The third-order valence-electron chi connectivity index (χ3n) is 4.13. The monoisotopic (exact) mass is 311 g/mol. The highest BCUT2D eigenvalue weighted by atomic mass is 16.4. The van der Waals surface area contributed by atoms with Crippen molar-refractivity contribution in [2.75, 3.05) is 18.0 Å². The summed E-state index contributed by atoms with van der Waals surface area (Å²) in [6.07, 6.45) is 4.27. The summed E-state index contributed by atoms with van der Waals surface area (Å²) in [4.78, 5) is 18.2. The Bertz CT molecular complexity index is 637. The summed E-state index contributed by atoms with van der Waals surface area (Å²) in [5.74, 6) is 0.127. The molecule has 3 rings (SSSR count). The topological polar surface area (TPSA) is 65.5 Å². The van der Waals surface area contributed by atoms with E-state index in [-0.39, 0.29) is 0 Å². The van der Waals surface area contributed by atoms with Crippen LogP contribution in [-0.2, 0) is 11.3 Å². The zero-order valence-electron chi connectivity index (χ0n) is 13.0. The number of anilines is 1. The first-order chi connectivity index (χ1) is 11.2. The van der Waals surface area contributed by atoms with Crippen LogP contribution in [-0.4, -0.2) is 29.1 Å². The standard InChI is InChI=1S/C18H21N3O2/c22-18(23)17(15-6-2-1-3-7-15)20-13-14-8-9-16(19-12-14)21-10-4-5-11-21/h1-3,6-9,12,17,20H,4-5,10-11,13H2,(H,22,23)/t17-/m0/s1. The first-order valence-corrected chi connectivity index (χ1v) is 7.95. The number of carboxylic acid groups (broad SMARTS) is 1. The molecule has 5 heteroatoms. The van der Waals surface area contributed by atoms with E-state index in [0.717, 1.165) is 30.0 Å². The fourth-order valence-corrected chi connectivity index (χ4v) is 2.87. The van der Waals surface area contributed by atoms with E-state index >= 15 is 0 Å². The minimum Gasteiger partial charge on any atom is -0.480 e. The summed E-state index contributed by atoms with van der Waals surface area (Å²) in [7, 11) is 0. The number of benzene rings is 1. The first-order valence-electron chi connectivity index (χ1n) is 7.95. The van der Waals surface area contributed by atoms with Crippen LogP contribution in [0, 0.1) is 0 Å². The van der Waals surface area contributed by atoms with Gasteiger partial charge in [0.1, 0.15) is 11.9 Å². The van der Waals surface area contributed by atoms with E-state index in [9.17, 15) is 9.90 Å². The smallest absolute Gasteiger partial charge is 0.325 e. The van der Waals surface area contributed by atoms with E-state index in [1.165, 1.54) is 12.8 Å². The van der Waals surface area contributed by atoms with Crippen molar-refractivity contribution in [3.8, 4) is 0 Å². The van der Waals surface area contributed by atoms with Crippen molar-refractivity contribution in [2.45, 2.75) is 25.4 Å². The summed E-state index contributed by atoms with van der Waals surface area (Å²) in [5.41, 5.74) is 1.73. The molecule has 1 aliphatic rings. The Labute approximate surface area is 136 Å². The molecule has 0 unspecified atom stereocenters. The van der Waals surface area contributed by atoms with Crippen LogP contribution < -0.4 is 10.2 Å². The van der Waals surface area contributed by atoms with E-state index in [1.807, 2.05) is 48.7 Å². The maximum atomic E-state index is 11.5. The van der Waals surface area contributed by atoms with Gasteiger partial charge >= 0.3 is 5.97 Å². The lowest BCUT2D eigenvalue weighted by atomic mass is 10.1. The molecule has 1 aromatic heterocycles. The van der Waals surface area contributed by atoms with Gasteiger partial charge in [-0.05, 0) is 30.0 Å². The number of hydrogen-bond acceptors (Lipinski definition) is 4. The third kappa shape index (κ3) is 3.87. The Morgan fingerprint density at radius 1 is 1.17 bits per heavy atom. The SMILES string of the molecule is O=C(O)[C@@H](NCc1ccc(N2CCCC2)nc1)c1ccccc1. The molecule has 120 valence electrons. The van der Waals surface area contributed by atoms with E-state index in [4.69, 9.17) is 0 Å². The van der Waals surface area contributed by atoms with Gasteiger partial charge in [0, 0.05) is 25.8 Å². The maximum Gasteiger partial charge on any atom is 0.325 e. The van der Waals surface area contributed by atoms with Crippen LogP contribution >= 0.6 is 0 Å². The lowest BCUT2D eigenvalue weighted by Gasteiger charge is -2.17. The molecule has 1 aliphatic heterocycles. The van der Waals surface area contributed by atoms with Crippen molar-refractivity contribution in [1.82, 2.24) is 10.3 Å². The van der Waals surface area contributed by atoms with Crippen LogP contribution in [0.25, 0.3) is 0 Å². The highest BCUT2D eigenvalue weighted by molar-refractivity contribution is 5.75. The second-order valence-corrected chi connectivity index (χ2v) is 5.78. The molecular weight excluding hydrogens is 290 g/mol. The quantitative estimate of drug-likeness (QED) is 0.858. The molecule has 0 amide bonds. The fraction of sp³-hybridized carbons (Fsp3) is 0.333. The third-order valence-corrected chi connectivity index (χ3v) is 4.13. The van der Waals surface area contributed by atoms with Gasteiger partial charge in [-0.15, -0.1) is 0 Å². The fourth-order valence-electron chi connectivity index (χ4n) is 2.87. The van der Waals surface area contributed by atoms with Gasteiger partial charge in [-0.2, -0.15) is 0 Å². The molecular formula is C18H21N3O2.